The molecule has 2 heterocycles. The van der Waals surface area contributed by atoms with Crippen LogP contribution in [0, 0.1) is 0 Å². The minimum atomic E-state index is -3.73. The Morgan fingerprint density at radius 1 is 1.22 bits per heavy atom. The van der Waals surface area contributed by atoms with Crippen molar-refractivity contribution in [1.82, 2.24) is 9.97 Å². The summed E-state index contributed by atoms with van der Waals surface area (Å²) < 4.78 is 28.4. The van der Waals surface area contributed by atoms with E-state index in [0.717, 1.165) is 18.7 Å². The summed E-state index contributed by atoms with van der Waals surface area (Å²) in [5.74, 6) is 1.41. The molecule has 0 atom stereocenters. The van der Waals surface area contributed by atoms with Gasteiger partial charge in [0.05, 0.1) is 0 Å². The zero-order chi connectivity index (χ0) is 12.8. The number of H-pyrrole nitrogens is 1. The van der Waals surface area contributed by atoms with Crippen LogP contribution < -0.4 is 10.5 Å². The summed E-state index contributed by atoms with van der Waals surface area (Å²) in [6.45, 7) is 0. The van der Waals surface area contributed by atoms with Crippen LogP contribution >= 0.6 is 0 Å². The molecule has 0 saturated heterocycles. The molecule has 3 rings (SSSR count). The largest absolute Gasteiger partial charge is 0.381 e. The Balaban J connectivity index is 1.96. The lowest BCUT2D eigenvalue weighted by atomic mass is 9.89. The molecule has 1 aromatic rings. The number of fused-ring (bicyclic) bond motifs is 1. The van der Waals surface area contributed by atoms with Gasteiger partial charge in [0.2, 0.25) is 0 Å². The van der Waals surface area contributed by atoms with Gasteiger partial charge in [-0.1, -0.05) is 19.3 Å². The molecule has 0 unspecified atom stereocenters. The summed E-state index contributed by atoms with van der Waals surface area (Å²) in [6, 6.07) is 0. The van der Waals surface area contributed by atoms with Gasteiger partial charge in [0.1, 0.15) is 11.5 Å². The molecule has 7 nitrogen and oxygen atoms in total. The van der Waals surface area contributed by atoms with Gasteiger partial charge in [-0.15, -0.1) is 4.40 Å². The number of hydrogen-bond acceptors (Lipinski definition) is 4. The van der Waals surface area contributed by atoms with E-state index in [1.165, 1.54) is 19.3 Å². The van der Waals surface area contributed by atoms with E-state index in [-0.39, 0.29) is 11.7 Å². The Morgan fingerprint density at radius 2 is 1.94 bits per heavy atom. The molecule has 1 aromatic heterocycles. The van der Waals surface area contributed by atoms with Crippen LogP contribution in [0.2, 0.25) is 0 Å². The minimum Gasteiger partial charge on any atom is -0.381 e. The van der Waals surface area contributed by atoms with E-state index in [4.69, 9.17) is 5.73 Å². The molecule has 0 aromatic carbocycles. The molecule has 1 saturated carbocycles. The van der Waals surface area contributed by atoms with Gasteiger partial charge in [-0.25, -0.2) is 9.71 Å². The normalized spacial score (nSPS) is 23.0. The molecular formula is C10H15N5O2S. The third-order valence-electron chi connectivity index (χ3n) is 3.41. The molecule has 2 aliphatic rings. The zero-order valence-electron chi connectivity index (χ0n) is 9.81. The van der Waals surface area contributed by atoms with E-state index in [9.17, 15) is 8.42 Å². The summed E-state index contributed by atoms with van der Waals surface area (Å²) in [5.41, 5.74) is 6.10. The predicted octanol–water partition coefficient (Wildman–Crippen LogP) is 0.833. The fraction of sp³-hybridized carbons (Fsp3) is 0.600. The number of nitrogens with two attached hydrogens (primary N) is 1. The molecule has 0 radical (unpaired) electrons. The van der Waals surface area contributed by atoms with Crippen molar-refractivity contribution in [2.75, 3.05) is 4.72 Å². The van der Waals surface area contributed by atoms with Crippen LogP contribution in [0.3, 0.4) is 0 Å². The van der Waals surface area contributed by atoms with Gasteiger partial charge >= 0.3 is 10.2 Å². The first-order chi connectivity index (χ1) is 8.55. The van der Waals surface area contributed by atoms with Crippen molar-refractivity contribution in [2.45, 2.75) is 38.0 Å². The highest BCUT2D eigenvalue weighted by Crippen LogP contribution is 2.33. The Kier molecular flexibility index (Phi) is 2.54. The summed E-state index contributed by atoms with van der Waals surface area (Å²) in [4.78, 5) is 7.41. The van der Waals surface area contributed by atoms with E-state index in [1.807, 2.05) is 0 Å². The number of nitrogens with one attached hydrogen (secondary N) is 2. The quantitative estimate of drug-likeness (QED) is 0.700. The number of amidine groups is 1. The van der Waals surface area contributed by atoms with Crippen LogP contribution in [0.15, 0.2) is 4.40 Å². The standard InChI is InChI=1S/C10H15N5O2S/c11-8-7-10(15-18(16,17)14-8)13-9(12-7)6-4-2-1-3-5-6/h6,15H,1-5H2,(H2,11,14)(H,12,13). The fourth-order valence-electron chi connectivity index (χ4n) is 2.54. The Morgan fingerprint density at radius 3 is 2.67 bits per heavy atom. The van der Waals surface area contributed by atoms with Gasteiger partial charge in [0.15, 0.2) is 11.7 Å². The van der Waals surface area contributed by atoms with E-state index in [0.29, 0.717) is 11.6 Å². The van der Waals surface area contributed by atoms with Crippen LogP contribution in [0.4, 0.5) is 5.82 Å². The van der Waals surface area contributed by atoms with Crippen molar-refractivity contribution in [3.63, 3.8) is 0 Å². The average Bonchev–Trinajstić information content (AvgIpc) is 2.72. The number of aromatic amines is 1. The van der Waals surface area contributed by atoms with Crippen LogP contribution in [0.25, 0.3) is 0 Å². The zero-order valence-corrected chi connectivity index (χ0v) is 10.6. The average molecular weight is 269 g/mol. The second-order valence-electron chi connectivity index (χ2n) is 4.73. The molecule has 0 bridgehead atoms. The summed E-state index contributed by atoms with van der Waals surface area (Å²) in [7, 11) is -3.73. The minimum absolute atomic E-state index is 0.0293. The first-order valence-electron chi connectivity index (χ1n) is 6.03. The summed E-state index contributed by atoms with van der Waals surface area (Å²) in [6.07, 6.45) is 5.79. The Hall–Kier alpha value is -1.57. The number of rotatable bonds is 1. The predicted molar refractivity (Wildman–Crippen MR) is 67.7 cm³/mol. The highest BCUT2D eigenvalue weighted by atomic mass is 32.2. The first-order valence-corrected chi connectivity index (χ1v) is 7.47. The molecule has 0 amide bonds. The molecule has 1 aliphatic heterocycles. The van der Waals surface area contributed by atoms with Crippen molar-refractivity contribution < 1.29 is 8.42 Å². The summed E-state index contributed by atoms with van der Waals surface area (Å²) >= 11 is 0. The second-order valence-corrected chi connectivity index (χ2v) is 6.07. The van der Waals surface area contributed by atoms with Gasteiger partial charge in [0, 0.05) is 5.92 Å². The Labute approximate surface area is 105 Å². The van der Waals surface area contributed by atoms with Crippen molar-refractivity contribution in [3.05, 3.63) is 11.5 Å². The number of hydrogen-bond donors (Lipinski definition) is 3. The van der Waals surface area contributed by atoms with Crippen LogP contribution in [-0.2, 0) is 10.2 Å². The molecular weight excluding hydrogens is 254 g/mol. The molecule has 18 heavy (non-hydrogen) atoms. The van der Waals surface area contributed by atoms with Crippen LogP contribution in [0.1, 0.15) is 49.5 Å². The van der Waals surface area contributed by atoms with Crippen molar-refractivity contribution >= 4 is 21.9 Å². The SMILES string of the molecule is NC1=NS(=O)(=O)Nc2nc(C3CCCCC3)[nH]c21. The maximum Gasteiger partial charge on any atom is 0.345 e. The highest BCUT2D eigenvalue weighted by molar-refractivity contribution is 7.91. The Bertz CT molecular complexity index is 598. The third-order valence-corrected chi connectivity index (χ3v) is 4.30. The van der Waals surface area contributed by atoms with E-state index in [1.54, 1.807) is 0 Å². The summed E-state index contributed by atoms with van der Waals surface area (Å²) in [5, 5.41) is 0. The van der Waals surface area contributed by atoms with Gasteiger partial charge < -0.3 is 10.7 Å². The molecule has 1 fully saturated rings. The fourth-order valence-corrected chi connectivity index (χ4v) is 3.33. The first kappa shape index (κ1) is 11.5. The number of aromatic nitrogens is 2. The number of nitrogens with zero attached hydrogens (tertiary/aromatic N) is 2. The van der Waals surface area contributed by atoms with Gasteiger partial charge in [-0.05, 0) is 12.8 Å². The highest BCUT2D eigenvalue weighted by Gasteiger charge is 2.27. The van der Waals surface area contributed by atoms with Crippen molar-refractivity contribution in [1.29, 1.82) is 0 Å². The number of anilines is 1. The van der Waals surface area contributed by atoms with E-state index in [2.05, 4.69) is 19.1 Å². The smallest absolute Gasteiger partial charge is 0.345 e. The molecule has 0 spiro atoms. The van der Waals surface area contributed by atoms with Crippen molar-refractivity contribution in [3.8, 4) is 0 Å². The van der Waals surface area contributed by atoms with E-state index < -0.39 is 10.2 Å². The lowest BCUT2D eigenvalue weighted by molar-refractivity contribution is 0.431. The van der Waals surface area contributed by atoms with E-state index >= 15 is 0 Å². The lowest BCUT2D eigenvalue weighted by Gasteiger charge is -2.18. The molecule has 1 aliphatic carbocycles. The molecule has 8 heteroatoms. The van der Waals surface area contributed by atoms with Crippen molar-refractivity contribution in [2.24, 2.45) is 10.1 Å². The lowest BCUT2D eigenvalue weighted by Crippen LogP contribution is -2.26. The van der Waals surface area contributed by atoms with Gasteiger partial charge in [-0.3, -0.25) is 0 Å². The van der Waals surface area contributed by atoms with Gasteiger partial charge in [0.25, 0.3) is 0 Å². The number of imidazole rings is 1. The second kappa shape index (κ2) is 3.98. The monoisotopic (exact) mass is 269 g/mol. The van der Waals surface area contributed by atoms with Crippen LogP contribution in [0.5, 0.6) is 0 Å². The maximum atomic E-state index is 11.4. The third kappa shape index (κ3) is 1.96. The molecule has 4 N–H and O–H groups in total. The molecule has 98 valence electrons. The van der Waals surface area contributed by atoms with Gasteiger partial charge in [-0.2, -0.15) is 8.42 Å². The topological polar surface area (TPSA) is 113 Å². The maximum absolute atomic E-state index is 11.4. The van der Waals surface area contributed by atoms with Crippen LogP contribution in [-0.4, -0.2) is 24.2 Å².